The molecule has 7 heterocycles. The number of sulfonamides is 2. The van der Waals surface area contributed by atoms with Crippen molar-refractivity contribution < 1.29 is 124 Å². The van der Waals surface area contributed by atoms with E-state index in [1.165, 1.54) is 170 Å². The number of aromatic nitrogens is 6. The standard InChI is InChI=1S/2C32H25F2N5O4S.3K.HO4P/c1-35-32(40)28-22-13-21(25(38(2)44(3,41)42)15-27(22)43-30(28)17-7-9-19(33)10-8-17)31-36-16-18-11-12-39-24-6-4-5-23(34)20(24)14-26(39)29(18)37-31;1-5-17-16-36-31(38-29(17)25-14-20-23(34)7-6-8-24(20)37-25)21-13-22-27(15-26(21)39(3)44(4,41)42)43-30(28(22)32(40)35-2)18-9-11-19(33)12-10-18;;;;1-4-5(2)3/h4-10,13-16H,11-12H2,1-3H3,(H,35,40);5-16,37H,1H2,2-4H3,(H,35,40);;;;1H/q;;;;+1;/p-1. The Hall–Kier alpha value is -5.57. The van der Waals surface area contributed by atoms with Crippen LogP contribution in [-0.2, 0) is 42.3 Å². The molecule has 0 saturated carbocycles. The quantitative estimate of drug-likeness (QED) is 0.0356. The fourth-order valence-corrected chi connectivity index (χ4v) is 11.8. The van der Waals surface area contributed by atoms with Crippen molar-refractivity contribution in [2.75, 3.05) is 49.3 Å². The summed E-state index contributed by atoms with van der Waals surface area (Å²) >= 11 is 2.50. The van der Waals surface area contributed by atoms with E-state index in [1.807, 2.05) is 10.6 Å². The van der Waals surface area contributed by atoms with Crippen LogP contribution in [0.2, 0.25) is 0 Å². The fraction of sp³-hybridized carbons (Fsp3) is 0.125. The topological polar surface area (TPSA) is 304 Å². The maximum absolute atomic E-state index is 14.7. The summed E-state index contributed by atoms with van der Waals surface area (Å²) in [6.07, 6.45) is 7.53. The zero-order valence-electron chi connectivity index (χ0n) is 52.7. The summed E-state index contributed by atoms with van der Waals surface area (Å²) in [5, 5.41) is 15.4. The summed E-state index contributed by atoms with van der Waals surface area (Å²) in [6, 6.07) is 30.3. The Balaban J connectivity index is 0.000000204. The Kier molecular flexibility index (Phi) is 24.4. The molecule has 1 aliphatic heterocycles. The molecule has 32 heteroatoms. The van der Waals surface area contributed by atoms with Crippen LogP contribution in [0.1, 0.15) is 31.8 Å². The molecule has 0 radical (unpaired) electrons. The van der Waals surface area contributed by atoms with Gasteiger partial charge in [-0.3, -0.25) is 18.2 Å². The number of aryl methyl sites for hydroxylation is 2. The van der Waals surface area contributed by atoms with Gasteiger partial charge in [0.1, 0.15) is 46.0 Å². The first-order chi connectivity index (χ1) is 45.3. The van der Waals surface area contributed by atoms with E-state index in [9.17, 15) is 44.0 Å². The zero-order chi connectivity index (χ0) is 68.5. The third-order valence-corrected chi connectivity index (χ3v) is 18.0. The molecule has 96 heavy (non-hydrogen) atoms. The molecule has 0 fully saturated rings. The molecule has 22 nitrogen and oxygen atoms in total. The second-order valence-electron chi connectivity index (χ2n) is 21.0. The number of fused-ring (bicyclic) bond motifs is 8. The second kappa shape index (κ2) is 31.3. The molecule has 476 valence electrons. The van der Waals surface area contributed by atoms with Crippen LogP contribution in [0, 0.1) is 23.3 Å². The van der Waals surface area contributed by atoms with Gasteiger partial charge in [0, 0.05) is 120 Å². The average molecular weight is 1440 g/mol. The number of hydrogen-bond donors (Lipinski definition) is 3. The Bertz CT molecular complexity index is 5290. The van der Waals surface area contributed by atoms with Crippen molar-refractivity contribution in [3.63, 3.8) is 0 Å². The fourth-order valence-electron chi connectivity index (χ4n) is 10.8. The van der Waals surface area contributed by atoms with E-state index in [-0.39, 0.29) is 120 Å². The number of amides is 2. The van der Waals surface area contributed by atoms with Crippen LogP contribution < -0.4 is 80.8 Å². The molecule has 0 aliphatic carbocycles. The van der Waals surface area contributed by atoms with Crippen molar-refractivity contribution in [2.45, 2.75) is 13.0 Å². The SMILES string of the molecule is C=Cc1cnc(-c2cc3c(C(=O)NC)c(-c4ccc(F)cc4)oc3cc2N(C)S(C)(=O)=O)nc1-c1cc2c(F)cccc2[nH]1.CNC(=O)c1c(-c2ccc(F)cc2)oc2cc(N(C)S(C)(=O)=O)c(-c3ncc4c(n3)-c3cc5c(F)cccc5n3CC4)cc12.O=[P+]([O-])O[O-].[K+].[K][K]. The summed E-state index contributed by atoms with van der Waals surface area (Å²) in [5.74, 6) is -1.85. The van der Waals surface area contributed by atoms with E-state index in [0.29, 0.717) is 79.4 Å². The molecule has 0 bridgehead atoms. The Morgan fingerprint density at radius 2 is 1.17 bits per heavy atom. The van der Waals surface area contributed by atoms with Gasteiger partial charge in [-0.15, -0.1) is 0 Å². The molecule has 0 saturated heterocycles. The van der Waals surface area contributed by atoms with Gasteiger partial charge in [0.15, 0.2) is 11.6 Å². The molecular formula is C64H50F4K3N10O12PS2. The summed E-state index contributed by atoms with van der Waals surface area (Å²) in [4.78, 5) is 57.2. The molecule has 13 rings (SSSR count). The molecule has 2 amide bonds. The van der Waals surface area contributed by atoms with Gasteiger partial charge in [-0.05, 0) is 108 Å². The zero-order valence-corrected chi connectivity index (χ0v) is 64.6. The Morgan fingerprint density at radius 1 is 0.698 bits per heavy atom. The van der Waals surface area contributed by atoms with Crippen LogP contribution in [0.3, 0.4) is 0 Å². The van der Waals surface area contributed by atoms with Crippen LogP contribution in [0.25, 0.3) is 118 Å². The predicted octanol–water partition coefficient (Wildman–Crippen LogP) is 6.69. The van der Waals surface area contributed by atoms with E-state index in [1.54, 1.807) is 54.7 Å². The predicted molar refractivity (Wildman–Crippen MR) is 351 cm³/mol. The van der Waals surface area contributed by atoms with Gasteiger partial charge in [-0.2, -0.15) is 0 Å². The maximum atomic E-state index is 14.7. The minimum atomic E-state index is -3.78. The number of anilines is 2. The number of nitrogens with one attached hydrogen (secondary N) is 3. The molecule has 0 spiro atoms. The van der Waals surface area contributed by atoms with Gasteiger partial charge in [0.2, 0.25) is 20.0 Å². The second-order valence-corrected chi connectivity index (χ2v) is 25.7. The summed E-state index contributed by atoms with van der Waals surface area (Å²) in [6.45, 7) is 4.48. The van der Waals surface area contributed by atoms with Crippen LogP contribution in [0.5, 0.6) is 0 Å². The summed E-state index contributed by atoms with van der Waals surface area (Å²) in [5.41, 5.74) is 7.72. The van der Waals surface area contributed by atoms with Crippen molar-refractivity contribution >= 4 is 164 Å². The van der Waals surface area contributed by atoms with Gasteiger partial charge in [-0.25, -0.2) is 59.0 Å². The minimum absolute atomic E-state index is 0. The summed E-state index contributed by atoms with van der Waals surface area (Å²) in [7, 11) is -4.96. The number of halogens is 4. The van der Waals surface area contributed by atoms with Gasteiger partial charge < -0.3 is 39.2 Å². The van der Waals surface area contributed by atoms with Crippen LogP contribution in [0.15, 0.2) is 149 Å². The number of H-pyrrole nitrogens is 1. The summed E-state index contributed by atoms with van der Waals surface area (Å²) < 4.78 is 135. The van der Waals surface area contributed by atoms with E-state index in [0.717, 1.165) is 37.9 Å². The number of hydrogen-bond acceptors (Lipinski definition) is 16. The first-order valence-electron chi connectivity index (χ1n) is 28.7. The number of rotatable bonds is 13. The van der Waals surface area contributed by atoms with E-state index in [4.69, 9.17) is 33.5 Å². The molecule has 1 aliphatic rings. The van der Waals surface area contributed by atoms with Gasteiger partial charge in [0.05, 0.1) is 63.3 Å². The molecular weight excluding hydrogens is 1390 g/mol. The van der Waals surface area contributed by atoms with Gasteiger partial charge >= 0.3 is 123 Å². The molecule has 6 aromatic carbocycles. The number of aromatic amines is 1. The van der Waals surface area contributed by atoms with Gasteiger partial charge in [0.25, 0.3) is 11.8 Å². The number of nitrogens with zero attached hydrogens (tertiary/aromatic N) is 7. The van der Waals surface area contributed by atoms with Crippen molar-refractivity contribution in [3.05, 3.63) is 186 Å². The number of benzene rings is 6. The first-order valence-corrected chi connectivity index (χ1v) is 49.5. The number of carbonyl (C=O) groups excluding carboxylic acids is 2. The van der Waals surface area contributed by atoms with E-state index in [2.05, 4.69) is 36.8 Å². The van der Waals surface area contributed by atoms with Crippen LogP contribution in [-0.4, -0.2) is 162 Å². The molecule has 6 aromatic heterocycles. The number of carbonyl (C=O) groups is 2. The van der Waals surface area contributed by atoms with Crippen molar-refractivity contribution in [1.82, 2.24) is 40.1 Å². The molecule has 12 aromatic rings. The normalized spacial score (nSPS) is 11.9. The van der Waals surface area contributed by atoms with Gasteiger partial charge in [-0.1, -0.05) is 24.8 Å². The third kappa shape index (κ3) is 15.4. The van der Waals surface area contributed by atoms with Crippen molar-refractivity contribution in [1.29, 1.82) is 0 Å². The Labute approximate surface area is 634 Å². The molecule has 1 atom stereocenters. The van der Waals surface area contributed by atoms with E-state index < -0.39 is 57.6 Å². The van der Waals surface area contributed by atoms with Crippen LogP contribution in [0.4, 0.5) is 28.9 Å². The van der Waals surface area contributed by atoms with Crippen LogP contribution >= 0.6 is 8.25 Å². The van der Waals surface area contributed by atoms with Crippen molar-refractivity contribution in [3.8, 4) is 68.2 Å². The average Bonchev–Trinajstić information content (AvgIpc) is 1.51. The molecule has 3 N–H and O–H groups in total. The number of furan rings is 2. The van der Waals surface area contributed by atoms with E-state index >= 15 is 0 Å². The monoisotopic (exact) mass is 1440 g/mol. The first kappa shape index (κ1) is 74.6. The Morgan fingerprint density at radius 3 is 1.62 bits per heavy atom. The van der Waals surface area contributed by atoms with Crippen molar-refractivity contribution in [2.24, 2.45) is 0 Å². The molecule has 1 unspecified atom stereocenters. The third-order valence-electron chi connectivity index (χ3n) is 15.5.